The standard InChI is InChI=1S/C9H17NO3/c10-7-5-1-6(8(7)13)9(2-5,3-11)4-12/h5-8,11-13H,1-4,10H2/t5-,6-,7+,8+/m1/s1. The van der Waals surface area contributed by atoms with Crippen LogP contribution in [0, 0.1) is 17.3 Å². The lowest BCUT2D eigenvalue weighted by molar-refractivity contribution is -0.0528. The van der Waals surface area contributed by atoms with Gasteiger partial charge in [0.2, 0.25) is 0 Å². The molecule has 0 aromatic heterocycles. The summed E-state index contributed by atoms with van der Waals surface area (Å²) in [6.07, 6.45) is 1.06. The molecule has 2 saturated carbocycles. The topological polar surface area (TPSA) is 86.7 Å². The van der Waals surface area contributed by atoms with E-state index in [1.54, 1.807) is 0 Å². The smallest absolute Gasteiger partial charge is 0.0729 e. The van der Waals surface area contributed by atoms with Gasteiger partial charge in [-0.25, -0.2) is 0 Å². The maximum Gasteiger partial charge on any atom is 0.0729 e. The number of aliphatic hydroxyl groups is 3. The van der Waals surface area contributed by atoms with E-state index >= 15 is 0 Å². The summed E-state index contributed by atoms with van der Waals surface area (Å²) in [5.41, 5.74) is 5.31. The summed E-state index contributed by atoms with van der Waals surface area (Å²) in [5, 5.41) is 28.2. The highest BCUT2D eigenvalue weighted by Crippen LogP contribution is 2.54. The van der Waals surface area contributed by atoms with Crippen LogP contribution >= 0.6 is 0 Å². The van der Waals surface area contributed by atoms with Crippen molar-refractivity contribution < 1.29 is 15.3 Å². The molecule has 0 aromatic carbocycles. The first-order chi connectivity index (χ1) is 6.14. The van der Waals surface area contributed by atoms with Gasteiger partial charge in [-0.3, -0.25) is 0 Å². The van der Waals surface area contributed by atoms with Crippen molar-refractivity contribution in [1.29, 1.82) is 0 Å². The Morgan fingerprint density at radius 3 is 2.31 bits per heavy atom. The fourth-order valence-electron chi connectivity index (χ4n) is 3.09. The van der Waals surface area contributed by atoms with E-state index in [1.165, 1.54) is 0 Å². The van der Waals surface area contributed by atoms with Gasteiger partial charge in [-0.2, -0.15) is 0 Å². The second-order valence-corrected chi connectivity index (χ2v) is 4.55. The third-order valence-electron chi connectivity index (χ3n) is 3.99. The van der Waals surface area contributed by atoms with Gasteiger partial charge in [-0.15, -0.1) is 0 Å². The molecule has 2 aliphatic rings. The van der Waals surface area contributed by atoms with Crippen molar-refractivity contribution in [2.24, 2.45) is 23.0 Å². The lowest BCUT2D eigenvalue weighted by atomic mass is 9.71. The molecule has 4 nitrogen and oxygen atoms in total. The van der Waals surface area contributed by atoms with Crippen LogP contribution < -0.4 is 5.73 Å². The van der Waals surface area contributed by atoms with Crippen molar-refractivity contribution in [1.82, 2.24) is 0 Å². The van der Waals surface area contributed by atoms with Gasteiger partial charge in [-0.05, 0) is 24.7 Å². The Hall–Kier alpha value is -0.160. The van der Waals surface area contributed by atoms with Crippen LogP contribution in [0.15, 0.2) is 0 Å². The van der Waals surface area contributed by atoms with E-state index in [0.717, 1.165) is 12.8 Å². The van der Waals surface area contributed by atoms with E-state index in [4.69, 9.17) is 5.73 Å². The summed E-state index contributed by atoms with van der Waals surface area (Å²) >= 11 is 0. The largest absolute Gasteiger partial charge is 0.396 e. The molecule has 0 aromatic rings. The summed E-state index contributed by atoms with van der Waals surface area (Å²) in [6.45, 7) is -0.0944. The van der Waals surface area contributed by atoms with E-state index in [0.29, 0.717) is 0 Å². The predicted molar refractivity (Wildman–Crippen MR) is 46.8 cm³/mol. The molecule has 4 atom stereocenters. The monoisotopic (exact) mass is 187 g/mol. The quantitative estimate of drug-likeness (QED) is 0.432. The molecule has 2 bridgehead atoms. The number of rotatable bonds is 2. The second-order valence-electron chi connectivity index (χ2n) is 4.55. The maximum absolute atomic E-state index is 9.74. The minimum absolute atomic E-state index is 0.0116. The highest BCUT2D eigenvalue weighted by molar-refractivity contribution is 5.09. The molecule has 13 heavy (non-hydrogen) atoms. The Kier molecular flexibility index (Phi) is 2.11. The lowest BCUT2D eigenvalue weighted by Gasteiger charge is -2.39. The van der Waals surface area contributed by atoms with Crippen LogP contribution in [0.4, 0.5) is 0 Å². The molecular weight excluding hydrogens is 170 g/mol. The summed E-state index contributed by atoms with van der Waals surface area (Å²) in [4.78, 5) is 0. The Balaban J connectivity index is 2.21. The number of fused-ring (bicyclic) bond motifs is 2. The van der Waals surface area contributed by atoms with Gasteiger partial charge < -0.3 is 21.1 Å². The first kappa shape index (κ1) is 9.40. The molecule has 0 radical (unpaired) electrons. The number of nitrogens with two attached hydrogens (primary N) is 1. The molecule has 0 amide bonds. The van der Waals surface area contributed by atoms with Crippen LogP contribution in [0.2, 0.25) is 0 Å². The fraction of sp³-hybridized carbons (Fsp3) is 1.00. The average Bonchev–Trinajstić information content (AvgIpc) is 2.65. The van der Waals surface area contributed by atoms with Crippen LogP contribution in [0.1, 0.15) is 12.8 Å². The van der Waals surface area contributed by atoms with Crippen LogP contribution in [0.3, 0.4) is 0 Å². The van der Waals surface area contributed by atoms with E-state index in [2.05, 4.69) is 0 Å². The highest BCUT2D eigenvalue weighted by atomic mass is 16.3. The van der Waals surface area contributed by atoms with Gasteiger partial charge in [0.25, 0.3) is 0 Å². The molecule has 2 rings (SSSR count). The van der Waals surface area contributed by atoms with Crippen molar-refractivity contribution in [2.45, 2.75) is 25.0 Å². The zero-order valence-corrected chi connectivity index (χ0v) is 7.56. The fourth-order valence-corrected chi connectivity index (χ4v) is 3.09. The molecule has 0 heterocycles. The Morgan fingerprint density at radius 1 is 1.31 bits per heavy atom. The molecule has 0 spiro atoms. The van der Waals surface area contributed by atoms with E-state index in [9.17, 15) is 15.3 Å². The Bertz CT molecular complexity index is 203. The first-order valence-electron chi connectivity index (χ1n) is 4.80. The maximum atomic E-state index is 9.74. The number of hydrogen-bond donors (Lipinski definition) is 4. The molecule has 76 valence electrons. The number of aliphatic hydroxyl groups excluding tert-OH is 3. The molecular formula is C9H17NO3. The van der Waals surface area contributed by atoms with E-state index < -0.39 is 11.5 Å². The average molecular weight is 187 g/mol. The van der Waals surface area contributed by atoms with Gasteiger partial charge >= 0.3 is 0 Å². The van der Waals surface area contributed by atoms with Gasteiger partial charge in [-0.1, -0.05) is 0 Å². The van der Waals surface area contributed by atoms with Crippen molar-refractivity contribution in [3.8, 4) is 0 Å². The predicted octanol–water partition coefficient (Wildman–Crippen LogP) is -1.31. The molecule has 4 heteroatoms. The minimum atomic E-state index is -0.543. The third kappa shape index (κ3) is 1.06. The molecule has 2 aliphatic carbocycles. The number of hydrogen-bond acceptors (Lipinski definition) is 4. The highest BCUT2D eigenvalue weighted by Gasteiger charge is 2.58. The van der Waals surface area contributed by atoms with Crippen molar-refractivity contribution in [3.05, 3.63) is 0 Å². The lowest BCUT2D eigenvalue weighted by Crippen LogP contribution is -2.50. The van der Waals surface area contributed by atoms with Gasteiger partial charge in [0, 0.05) is 11.5 Å². The zero-order chi connectivity index (χ0) is 9.64. The molecule has 5 N–H and O–H groups in total. The summed E-state index contributed by atoms with van der Waals surface area (Å²) in [7, 11) is 0. The zero-order valence-electron chi connectivity index (χ0n) is 7.56. The van der Waals surface area contributed by atoms with Crippen LogP contribution in [-0.2, 0) is 0 Å². The van der Waals surface area contributed by atoms with Crippen molar-refractivity contribution >= 4 is 0 Å². The van der Waals surface area contributed by atoms with Gasteiger partial charge in [0.15, 0.2) is 0 Å². The second kappa shape index (κ2) is 2.92. The van der Waals surface area contributed by atoms with Crippen LogP contribution in [-0.4, -0.2) is 40.7 Å². The third-order valence-corrected chi connectivity index (χ3v) is 3.99. The normalized spacial score (nSPS) is 47.1. The summed E-state index contributed by atoms with van der Waals surface area (Å²) in [5.74, 6) is 0.266. The van der Waals surface area contributed by atoms with E-state index in [-0.39, 0.29) is 31.1 Å². The van der Waals surface area contributed by atoms with Crippen LogP contribution in [0.25, 0.3) is 0 Å². The van der Waals surface area contributed by atoms with Crippen molar-refractivity contribution in [3.63, 3.8) is 0 Å². The Labute approximate surface area is 77.4 Å². The molecule has 0 unspecified atom stereocenters. The van der Waals surface area contributed by atoms with Crippen LogP contribution in [0.5, 0.6) is 0 Å². The first-order valence-corrected chi connectivity index (χ1v) is 4.80. The van der Waals surface area contributed by atoms with E-state index in [1.807, 2.05) is 0 Å². The molecule has 0 saturated heterocycles. The summed E-state index contributed by atoms with van der Waals surface area (Å²) < 4.78 is 0. The molecule has 0 aliphatic heterocycles. The SMILES string of the molecule is N[C@H]1[C@@H]2C[C@H]([C@@H]1O)C(CO)(CO)C2. The van der Waals surface area contributed by atoms with Gasteiger partial charge in [0.05, 0.1) is 19.3 Å². The summed E-state index contributed by atoms with van der Waals surface area (Å²) in [6, 6.07) is -0.156. The van der Waals surface area contributed by atoms with Crippen molar-refractivity contribution in [2.75, 3.05) is 13.2 Å². The molecule has 2 fully saturated rings. The minimum Gasteiger partial charge on any atom is -0.396 e. The van der Waals surface area contributed by atoms with Gasteiger partial charge in [0.1, 0.15) is 0 Å². The Morgan fingerprint density at radius 2 is 1.92 bits per heavy atom.